The van der Waals surface area contributed by atoms with E-state index in [9.17, 15) is 4.39 Å². The van der Waals surface area contributed by atoms with Crippen molar-refractivity contribution >= 4 is 17.0 Å². The van der Waals surface area contributed by atoms with Gasteiger partial charge in [0.25, 0.3) is 0 Å². The predicted octanol–water partition coefficient (Wildman–Crippen LogP) is 1.80. The van der Waals surface area contributed by atoms with Crippen molar-refractivity contribution in [2.45, 2.75) is 19.9 Å². The Balaban J connectivity index is 2.23. The second-order valence-electron chi connectivity index (χ2n) is 4.91. The molecule has 1 atom stereocenters. The van der Waals surface area contributed by atoms with Crippen molar-refractivity contribution in [2.24, 2.45) is 7.05 Å². The van der Waals surface area contributed by atoms with Gasteiger partial charge in [-0.15, -0.1) is 10.2 Å². The van der Waals surface area contributed by atoms with Crippen LogP contribution in [0.4, 0.5) is 10.3 Å². The molecule has 1 aromatic carbocycles. The van der Waals surface area contributed by atoms with Crippen LogP contribution in [0, 0.1) is 12.7 Å². The van der Waals surface area contributed by atoms with E-state index in [2.05, 4.69) is 15.2 Å². The summed E-state index contributed by atoms with van der Waals surface area (Å²) in [5.41, 5.74) is 7.87. The highest BCUT2D eigenvalue weighted by Crippen LogP contribution is 2.27. The second kappa shape index (κ2) is 4.29. The second-order valence-corrected chi connectivity index (χ2v) is 4.91. The summed E-state index contributed by atoms with van der Waals surface area (Å²) in [6.07, 6.45) is 1.63. The van der Waals surface area contributed by atoms with Crippen molar-refractivity contribution in [1.82, 2.24) is 24.3 Å². The summed E-state index contributed by atoms with van der Waals surface area (Å²) in [5, 5.41) is 7.97. The Morgan fingerprint density at radius 2 is 2.10 bits per heavy atom. The molecule has 0 aliphatic heterocycles. The number of aryl methyl sites for hydroxylation is 2. The molecular formula is C13H15FN6. The number of halogens is 1. The number of anilines is 1. The van der Waals surface area contributed by atoms with Crippen LogP contribution in [-0.4, -0.2) is 24.3 Å². The van der Waals surface area contributed by atoms with Gasteiger partial charge in [0.2, 0.25) is 5.95 Å². The fourth-order valence-corrected chi connectivity index (χ4v) is 2.43. The van der Waals surface area contributed by atoms with E-state index >= 15 is 0 Å². The minimum absolute atomic E-state index is 0.141. The first-order valence-corrected chi connectivity index (χ1v) is 6.26. The molecule has 0 aliphatic rings. The fourth-order valence-electron chi connectivity index (χ4n) is 2.43. The Morgan fingerprint density at radius 1 is 1.35 bits per heavy atom. The van der Waals surface area contributed by atoms with Gasteiger partial charge in [0.05, 0.1) is 17.1 Å². The van der Waals surface area contributed by atoms with Gasteiger partial charge in [0.15, 0.2) is 5.82 Å². The zero-order valence-electron chi connectivity index (χ0n) is 11.5. The molecule has 6 nitrogen and oxygen atoms in total. The van der Waals surface area contributed by atoms with Gasteiger partial charge in [-0.1, -0.05) is 0 Å². The molecule has 7 heteroatoms. The van der Waals surface area contributed by atoms with Crippen LogP contribution >= 0.6 is 0 Å². The summed E-state index contributed by atoms with van der Waals surface area (Å²) in [4.78, 5) is 4.22. The first-order valence-electron chi connectivity index (χ1n) is 6.26. The van der Waals surface area contributed by atoms with Gasteiger partial charge >= 0.3 is 0 Å². The van der Waals surface area contributed by atoms with Crippen LogP contribution in [-0.2, 0) is 7.05 Å². The maximum atomic E-state index is 13.6. The number of hydrogen-bond donors (Lipinski definition) is 1. The van der Waals surface area contributed by atoms with Crippen molar-refractivity contribution in [3.63, 3.8) is 0 Å². The Labute approximate surface area is 115 Å². The van der Waals surface area contributed by atoms with Crippen LogP contribution in [0.3, 0.4) is 0 Å². The fraction of sp³-hybridized carbons (Fsp3) is 0.308. The molecule has 2 heterocycles. The normalized spacial score (nSPS) is 13.0. The number of rotatable bonds is 2. The van der Waals surface area contributed by atoms with Crippen LogP contribution < -0.4 is 5.73 Å². The molecule has 104 valence electrons. The molecular weight excluding hydrogens is 259 g/mol. The lowest BCUT2D eigenvalue weighted by molar-refractivity contribution is 0.593. The lowest BCUT2D eigenvalue weighted by Crippen LogP contribution is -2.14. The third-order valence-electron chi connectivity index (χ3n) is 3.50. The molecule has 0 fully saturated rings. The van der Waals surface area contributed by atoms with Crippen molar-refractivity contribution in [3.05, 3.63) is 35.7 Å². The third-order valence-corrected chi connectivity index (χ3v) is 3.50. The van der Waals surface area contributed by atoms with Crippen molar-refractivity contribution in [2.75, 3.05) is 5.73 Å². The molecule has 0 bridgehead atoms. The number of nitrogens with two attached hydrogens (primary N) is 1. The minimum Gasteiger partial charge on any atom is -0.369 e. The van der Waals surface area contributed by atoms with Gasteiger partial charge < -0.3 is 10.3 Å². The summed E-state index contributed by atoms with van der Waals surface area (Å²) < 4.78 is 17.3. The van der Waals surface area contributed by atoms with Crippen LogP contribution in [0.1, 0.15) is 24.4 Å². The van der Waals surface area contributed by atoms with Crippen LogP contribution in [0.2, 0.25) is 0 Å². The number of nitrogens with zero attached hydrogens (tertiary/aromatic N) is 5. The van der Waals surface area contributed by atoms with Crippen LogP contribution in [0.25, 0.3) is 11.0 Å². The molecule has 0 saturated heterocycles. The average molecular weight is 274 g/mol. The molecule has 20 heavy (non-hydrogen) atoms. The third kappa shape index (κ3) is 1.74. The number of nitrogen functional groups attached to an aromatic ring is 1. The minimum atomic E-state index is -0.284. The Kier molecular flexibility index (Phi) is 2.70. The van der Waals surface area contributed by atoms with Gasteiger partial charge in [0.1, 0.15) is 12.1 Å². The van der Waals surface area contributed by atoms with Crippen molar-refractivity contribution < 1.29 is 4.39 Å². The van der Waals surface area contributed by atoms with E-state index in [0.717, 1.165) is 11.3 Å². The largest absolute Gasteiger partial charge is 0.369 e. The molecule has 0 radical (unpaired) electrons. The molecule has 3 rings (SSSR count). The maximum Gasteiger partial charge on any atom is 0.201 e. The first-order chi connectivity index (χ1) is 9.49. The number of aromatic nitrogens is 5. The smallest absolute Gasteiger partial charge is 0.201 e. The molecule has 0 saturated carbocycles. The average Bonchev–Trinajstić information content (AvgIpc) is 2.93. The van der Waals surface area contributed by atoms with Gasteiger partial charge in [-0.2, -0.15) is 0 Å². The topological polar surface area (TPSA) is 74.6 Å². The number of hydrogen-bond acceptors (Lipinski definition) is 4. The summed E-state index contributed by atoms with van der Waals surface area (Å²) >= 11 is 0. The summed E-state index contributed by atoms with van der Waals surface area (Å²) in [6, 6.07) is 3.01. The van der Waals surface area contributed by atoms with Crippen LogP contribution in [0.5, 0.6) is 0 Å². The van der Waals surface area contributed by atoms with Crippen LogP contribution in [0.15, 0.2) is 18.5 Å². The van der Waals surface area contributed by atoms with E-state index in [1.54, 1.807) is 19.3 Å². The van der Waals surface area contributed by atoms with E-state index in [0.29, 0.717) is 17.0 Å². The predicted molar refractivity (Wildman–Crippen MR) is 73.7 cm³/mol. The first kappa shape index (κ1) is 12.6. The SMILES string of the molecule is Cc1cc2c(cc1F)nc(N)n2C(C)c1nncn1C. The number of fused-ring (bicyclic) bond motifs is 1. The van der Waals surface area contributed by atoms with E-state index in [1.807, 2.05) is 23.1 Å². The van der Waals surface area contributed by atoms with E-state index < -0.39 is 0 Å². The highest BCUT2D eigenvalue weighted by Gasteiger charge is 2.20. The number of imidazole rings is 1. The molecule has 3 aromatic rings. The van der Waals surface area contributed by atoms with Gasteiger partial charge in [-0.05, 0) is 25.5 Å². The highest BCUT2D eigenvalue weighted by molar-refractivity contribution is 5.79. The standard InChI is InChI=1S/C13H15FN6/c1-7-4-11-10(5-9(7)14)17-13(15)20(11)8(2)12-18-16-6-19(12)3/h4-6,8H,1-3H3,(H2,15,17). The molecule has 1 unspecified atom stereocenters. The van der Waals surface area contributed by atoms with Gasteiger partial charge in [-0.3, -0.25) is 4.57 Å². The molecule has 0 amide bonds. The highest BCUT2D eigenvalue weighted by atomic mass is 19.1. The zero-order valence-corrected chi connectivity index (χ0v) is 11.5. The van der Waals surface area contributed by atoms with Gasteiger partial charge in [-0.25, -0.2) is 9.37 Å². The monoisotopic (exact) mass is 274 g/mol. The number of benzene rings is 1. The Morgan fingerprint density at radius 3 is 2.75 bits per heavy atom. The summed E-state index contributed by atoms with van der Waals surface area (Å²) in [5.74, 6) is 0.812. The Hall–Kier alpha value is -2.44. The summed E-state index contributed by atoms with van der Waals surface area (Å²) in [7, 11) is 1.87. The molecule has 2 aromatic heterocycles. The maximum absolute atomic E-state index is 13.6. The quantitative estimate of drug-likeness (QED) is 0.773. The van der Waals surface area contributed by atoms with Gasteiger partial charge in [0, 0.05) is 13.1 Å². The lowest BCUT2D eigenvalue weighted by atomic mass is 10.2. The van der Waals surface area contributed by atoms with E-state index in [-0.39, 0.29) is 11.9 Å². The van der Waals surface area contributed by atoms with Crippen molar-refractivity contribution in [3.8, 4) is 0 Å². The lowest BCUT2D eigenvalue weighted by Gasteiger charge is -2.15. The van der Waals surface area contributed by atoms with E-state index in [1.165, 1.54) is 6.07 Å². The molecule has 0 spiro atoms. The molecule has 0 aliphatic carbocycles. The summed E-state index contributed by atoms with van der Waals surface area (Å²) in [6.45, 7) is 3.68. The Bertz CT molecular complexity index is 788. The zero-order chi connectivity index (χ0) is 14.4. The van der Waals surface area contributed by atoms with E-state index in [4.69, 9.17) is 5.73 Å². The molecule has 2 N–H and O–H groups in total. The van der Waals surface area contributed by atoms with Crippen molar-refractivity contribution in [1.29, 1.82) is 0 Å².